The second kappa shape index (κ2) is 5.94. The van der Waals surface area contributed by atoms with Crippen LogP contribution in [0, 0.1) is 5.41 Å². The second-order valence-corrected chi connectivity index (χ2v) is 6.73. The SMILES string of the molecule is COc1cc(N2CCN(C(=O)O)C(C(C)(C)C)C2)ccc1N. The van der Waals surface area contributed by atoms with Crippen LogP contribution in [0.4, 0.5) is 16.2 Å². The Hall–Kier alpha value is -2.11. The number of ether oxygens (including phenoxy) is 1. The van der Waals surface area contributed by atoms with E-state index in [4.69, 9.17) is 10.5 Å². The van der Waals surface area contributed by atoms with Crippen LogP contribution in [0.3, 0.4) is 0 Å². The molecule has 0 aromatic heterocycles. The van der Waals surface area contributed by atoms with Gasteiger partial charge in [0, 0.05) is 31.4 Å². The third-order valence-electron chi connectivity index (χ3n) is 4.21. The molecule has 2 rings (SSSR count). The molecular formula is C16H25N3O3. The average molecular weight is 307 g/mol. The normalized spacial score (nSPS) is 19.2. The van der Waals surface area contributed by atoms with E-state index in [9.17, 15) is 9.90 Å². The van der Waals surface area contributed by atoms with Crippen molar-refractivity contribution >= 4 is 17.5 Å². The van der Waals surface area contributed by atoms with Gasteiger partial charge in [0.1, 0.15) is 5.75 Å². The maximum absolute atomic E-state index is 11.5. The van der Waals surface area contributed by atoms with E-state index in [0.29, 0.717) is 31.1 Å². The predicted molar refractivity (Wildman–Crippen MR) is 87.6 cm³/mol. The molecule has 1 aliphatic heterocycles. The third-order valence-corrected chi connectivity index (χ3v) is 4.21. The summed E-state index contributed by atoms with van der Waals surface area (Å²) in [4.78, 5) is 15.2. The molecule has 1 amide bonds. The Kier molecular flexibility index (Phi) is 4.39. The van der Waals surface area contributed by atoms with Crippen molar-refractivity contribution in [1.82, 2.24) is 4.90 Å². The van der Waals surface area contributed by atoms with Crippen molar-refractivity contribution in [2.24, 2.45) is 5.41 Å². The van der Waals surface area contributed by atoms with E-state index < -0.39 is 6.09 Å². The lowest BCUT2D eigenvalue weighted by Gasteiger charge is -2.46. The lowest BCUT2D eigenvalue weighted by Crippen LogP contribution is -2.59. The molecule has 0 saturated carbocycles. The number of benzene rings is 1. The van der Waals surface area contributed by atoms with Crippen molar-refractivity contribution < 1.29 is 14.6 Å². The fourth-order valence-electron chi connectivity index (χ4n) is 2.88. The number of nitrogen functional groups attached to an aromatic ring is 1. The number of hydrogen-bond acceptors (Lipinski definition) is 4. The van der Waals surface area contributed by atoms with Crippen molar-refractivity contribution in [3.8, 4) is 5.75 Å². The summed E-state index contributed by atoms with van der Waals surface area (Å²) in [5.74, 6) is 0.644. The lowest BCUT2D eigenvalue weighted by atomic mass is 9.84. The highest BCUT2D eigenvalue weighted by atomic mass is 16.5. The molecule has 0 radical (unpaired) electrons. The number of piperazine rings is 1. The van der Waals surface area contributed by atoms with Gasteiger partial charge in [-0.25, -0.2) is 4.79 Å². The Balaban J connectivity index is 2.26. The van der Waals surface area contributed by atoms with Crippen molar-refractivity contribution in [1.29, 1.82) is 0 Å². The Morgan fingerprint density at radius 1 is 1.36 bits per heavy atom. The molecule has 6 nitrogen and oxygen atoms in total. The molecule has 1 fully saturated rings. The van der Waals surface area contributed by atoms with Crippen LogP contribution in [0.15, 0.2) is 18.2 Å². The Morgan fingerprint density at radius 3 is 2.59 bits per heavy atom. The molecule has 0 aliphatic carbocycles. The number of anilines is 2. The minimum atomic E-state index is -0.852. The molecule has 1 aromatic rings. The fourth-order valence-corrected chi connectivity index (χ4v) is 2.88. The third kappa shape index (κ3) is 3.21. The highest BCUT2D eigenvalue weighted by molar-refractivity contribution is 5.67. The number of carbonyl (C=O) groups is 1. The molecule has 22 heavy (non-hydrogen) atoms. The van der Waals surface area contributed by atoms with Crippen LogP contribution in [0.5, 0.6) is 5.75 Å². The molecule has 0 spiro atoms. The molecule has 3 N–H and O–H groups in total. The van der Waals surface area contributed by atoms with E-state index >= 15 is 0 Å². The number of rotatable bonds is 2. The quantitative estimate of drug-likeness (QED) is 0.821. The zero-order chi connectivity index (χ0) is 16.5. The van der Waals surface area contributed by atoms with Gasteiger partial charge >= 0.3 is 6.09 Å². The van der Waals surface area contributed by atoms with Gasteiger partial charge in [-0.1, -0.05) is 20.8 Å². The molecule has 1 aliphatic rings. The Morgan fingerprint density at radius 2 is 2.05 bits per heavy atom. The van der Waals surface area contributed by atoms with Crippen LogP contribution < -0.4 is 15.4 Å². The molecule has 6 heteroatoms. The molecule has 1 aromatic carbocycles. The molecule has 1 saturated heterocycles. The van der Waals surface area contributed by atoms with E-state index in [-0.39, 0.29) is 11.5 Å². The second-order valence-electron chi connectivity index (χ2n) is 6.73. The molecule has 122 valence electrons. The minimum Gasteiger partial charge on any atom is -0.495 e. The smallest absolute Gasteiger partial charge is 0.407 e. The largest absolute Gasteiger partial charge is 0.495 e. The van der Waals surface area contributed by atoms with Gasteiger partial charge in [0.2, 0.25) is 0 Å². The van der Waals surface area contributed by atoms with Crippen LogP contribution in [-0.4, -0.2) is 48.9 Å². The summed E-state index contributed by atoms with van der Waals surface area (Å²) in [5.41, 5.74) is 7.33. The predicted octanol–water partition coefficient (Wildman–Crippen LogP) is 2.49. The van der Waals surface area contributed by atoms with Gasteiger partial charge in [-0.15, -0.1) is 0 Å². The Labute approximate surface area is 131 Å². The topological polar surface area (TPSA) is 79.0 Å². The average Bonchev–Trinajstić information content (AvgIpc) is 2.46. The van der Waals surface area contributed by atoms with E-state index in [1.807, 2.05) is 18.2 Å². The number of amides is 1. The maximum Gasteiger partial charge on any atom is 0.407 e. The van der Waals surface area contributed by atoms with Gasteiger partial charge in [0.25, 0.3) is 0 Å². The zero-order valence-corrected chi connectivity index (χ0v) is 13.7. The number of methoxy groups -OCH3 is 1. The number of nitrogens with two attached hydrogens (primary N) is 1. The summed E-state index contributed by atoms with van der Waals surface area (Å²) < 4.78 is 5.27. The van der Waals surface area contributed by atoms with Crippen molar-refractivity contribution in [3.63, 3.8) is 0 Å². The summed E-state index contributed by atoms with van der Waals surface area (Å²) in [5, 5.41) is 9.42. The standard InChI is InChI=1S/C16H25N3O3/c1-16(2,3)14-10-18(7-8-19(14)15(20)21)11-5-6-12(17)13(9-11)22-4/h5-6,9,14H,7-8,10,17H2,1-4H3,(H,20,21). The van der Waals surface area contributed by atoms with Crippen LogP contribution in [0.2, 0.25) is 0 Å². The molecule has 1 unspecified atom stereocenters. The van der Waals surface area contributed by atoms with Gasteiger partial charge in [-0.2, -0.15) is 0 Å². The van der Waals surface area contributed by atoms with Crippen LogP contribution >= 0.6 is 0 Å². The van der Waals surface area contributed by atoms with Crippen LogP contribution in [0.25, 0.3) is 0 Å². The number of hydrogen-bond donors (Lipinski definition) is 2. The zero-order valence-electron chi connectivity index (χ0n) is 13.7. The van der Waals surface area contributed by atoms with Gasteiger partial charge in [0.05, 0.1) is 18.8 Å². The maximum atomic E-state index is 11.5. The van der Waals surface area contributed by atoms with Crippen molar-refractivity contribution in [3.05, 3.63) is 18.2 Å². The van der Waals surface area contributed by atoms with Crippen LogP contribution in [-0.2, 0) is 0 Å². The van der Waals surface area contributed by atoms with Crippen molar-refractivity contribution in [2.45, 2.75) is 26.8 Å². The van der Waals surface area contributed by atoms with E-state index in [1.165, 1.54) is 0 Å². The van der Waals surface area contributed by atoms with Gasteiger partial charge in [-0.3, -0.25) is 0 Å². The van der Waals surface area contributed by atoms with E-state index in [1.54, 1.807) is 12.0 Å². The summed E-state index contributed by atoms with van der Waals surface area (Å²) in [6.07, 6.45) is -0.852. The molecule has 0 bridgehead atoms. The highest BCUT2D eigenvalue weighted by Crippen LogP contribution is 2.32. The van der Waals surface area contributed by atoms with Crippen LogP contribution in [0.1, 0.15) is 20.8 Å². The number of nitrogens with zero attached hydrogens (tertiary/aromatic N) is 2. The first kappa shape index (κ1) is 16.3. The summed E-state index contributed by atoms with van der Waals surface area (Å²) in [6, 6.07) is 5.62. The minimum absolute atomic E-state index is 0.0673. The number of carboxylic acid groups (broad SMARTS) is 1. The van der Waals surface area contributed by atoms with Gasteiger partial charge in [-0.05, 0) is 17.5 Å². The van der Waals surface area contributed by atoms with E-state index in [2.05, 4.69) is 25.7 Å². The Bertz CT molecular complexity index is 554. The van der Waals surface area contributed by atoms with E-state index in [0.717, 1.165) is 5.69 Å². The molecule has 1 atom stereocenters. The molecule has 1 heterocycles. The first-order valence-electron chi connectivity index (χ1n) is 7.42. The van der Waals surface area contributed by atoms with Gasteiger partial charge < -0.3 is 25.4 Å². The lowest BCUT2D eigenvalue weighted by molar-refractivity contribution is 0.0748. The van der Waals surface area contributed by atoms with Crippen molar-refractivity contribution in [2.75, 3.05) is 37.4 Å². The first-order valence-corrected chi connectivity index (χ1v) is 7.42. The van der Waals surface area contributed by atoms with Gasteiger partial charge in [0.15, 0.2) is 0 Å². The first-order chi connectivity index (χ1) is 10.2. The highest BCUT2D eigenvalue weighted by Gasteiger charge is 2.38. The monoisotopic (exact) mass is 307 g/mol. The molecular weight excluding hydrogens is 282 g/mol. The summed E-state index contributed by atoms with van der Waals surface area (Å²) >= 11 is 0. The fraction of sp³-hybridized carbons (Fsp3) is 0.562. The summed E-state index contributed by atoms with van der Waals surface area (Å²) in [7, 11) is 1.59. The summed E-state index contributed by atoms with van der Waals surface area (Å²) in [6.45, 7) is 8.01.